The third kappa shape index (κ3) is 4.10. The number of hydrazone groups is 1. The first kappa shape index (κ1) is 17.5. The summed E-state index contributed by atoms with van der Waals surface area (Å²) in [4.78, 5) is 24.2. The summed E-state index contributed by atoms with van der Waals surface area (Å²) in [5, 5.41) is 7.22. The van der Waals surface area contributed by atoms with Crippen molar-refractivity contribution in [2.75, 3.05) is 14.2 Å². The van der Waals surface area contributed by atoms with Gasteiger partial charge < -0.3 is 9.47 Å². The van der Waals surface area contributed by atoms with Gasteiger partial charge in [-0.3, -0.25) is 9.80 Å². The fraction of sp³-hybridized carbons (Fsp3) is 0.278. The Morgan fingerprint density at radius 2 is 1.92 bits per heavy atom. The molecule has 2 aromatic rings. The second kappa shape index (κ2) is 8.10. The van der Waals surface area contributed by atoms with E-state index in [1.165, 1.54) is 18.3 Å². The van der Waals surface area contributed by atoms with E-state index in [2.05, 4.69) is 9.84 Å². The van der Waals surface area contributed by atoms with Crippen LogP contribution in [0.4, 0.5) is 0 Å². The molecule has 24 heavy (non-hydrogen) atoms. The van der Waals surface area contributed by atoms with Gasteiger partial charge in [-0.05, 0) is 18.4 Å². The van der Waals surface area contributed by atoms with Gasteiger partial charge in [0.2, 0.25) is 0 Å². The predicted octanol–water partition coefficient (Wildman–Crippen LogP) is 2.61. The van der Waals surface area contributed by atoms with E-state index in [1.807, 2.05) is 36.4 Å². The summed E-state index contributed by atoms with van der Waals surface area (Å²) in [6.45, 7) is 1.72. The molecule has 0 amide bonds. The molecule has 0 aliphatic carbocycles. The van der Waals surface area contributed by atoms with Crippen molar-refractivity contribution in [1.82, 2.24) is 5.01 Å². The fourth-order valence-electron chi connectivity index (χ4n) is 2.33. The van der Waals surface area contributed by atoms with Crippen LogP contribution in [0.3, 0.4) is 0 Å². The molecule has 0 radical (unpaired) electrons. The Morgan fingerprint density at radius 1 is 1.21 bits per heavy atom. The molecule has 126 valence electrons. The average molecular weight is 328 g/mol. The summed E-state index contributed by atoms with van der Waals surface area (Å²) in [6.07, 6.45) is 1.39. The Morgan fingerprint density at radius 3 is 2.62 bits per heavy atom. The Kier molecular flexibility index (Phi) is 5.89. The van der Waals surface area contributed by atoms with Gasteiger partial charge in [-0.15, -0.1) is 0 Å². The lowest BCUT2D eigenvalue weighted by Crippen LogP contribution is -2.40. The van der Waals surface area contributed by atoms with Gasteiger partial charge in [-0.2, -0.15) is 5.10 Å². The molecule has 6 heteroatoms. The van der Waals surface area contributed by atoms with E-state index >= 15 is 0 Å². The van der Waals surface area contributed by atoms with Crippen LogP contribution in [0.15, 0.2) is 47.6 Å². The lowest BCUT2D eigenvalue weighted by molar-refractivity contribution is -0.149. The number of hydrogen-bond acceptors (Lipinski definition) is 6. The standard InChI is InChI=1S/C18H20N2O4/c1-4-19-20(2)15(12-17(21)23-3)18(22)24-16-11-7-9-13-8-5-6-10-14(13)16/h4-11,15H,12H2,1-3H3. The third-order valence-corrected chi connectivity index (χ3v) is 3.57. The number of likely N-dealkylation sites (N-methyl/N-ethyl adjacent to an activating group) is 1. The molecule has 1 atom stereocenters. The van der Waals surface area contributed by atoms with Crippen LogP contribution in [0.5, 0.6) is 5.75 Å². The highest BCUT2D eigenvalue weighted by molar-refractivity contribution is 5.92. The molecule has 1 unspecified atom stereocenters. The molecular weight excluding hydrogens is 308 g/mol. The van der Waals surface area contributed by atoms with Gasteiger partial charge in [0.25, 0.3) is 0 Å². The number of carbonyl (C=O) groups is 2. The average Bonchev–Trinajstić information content (AvgIpc) is 2.59. The number of hydrogen-bond donors (Lipinski definition) is 0. The largest absolute Gasteiger partial charge is 0.469 e. The van der Waals surface area contributed by atoms with Crippen LogP contribution < -0.4 is 4.74 Å². The maximum Gasteiger partial charge on any atom is 0.336 e. The normalized spacial score (nSPS) is 12.1. The second-order valence-corrected chi connectivity index (χ2v) is 5.14. The lowest BCUT2D eigenvalue weighted by atomic mass is 10.1. The summed E-state index contributed by atoms with van der Waals surface area (Å²) >= 11 is 0. The summed E-state index contributed by atoms with van der Waals surface area (Å²) in [5.41, 5.74) is 0. The molecule has 0 N–H and O–H groups in total. The number of benzene rings is 2. The molecule has 0 heterocycles. The van der Waals surface area contributed by atoms with Crippen molar-refractivity contribution in [2.45, 2.75) is 19.4 Å². The van der Waals surface area contributed by atoms with Crippen LogP contribution in [-0.2, 0) is 14.3 Å². The van der Waals surface area contributed by atoms with Crippen LogP contribution in [0.25, 0.3) is 10.8 Å². The van der Waals surface area contributed by atoms with E-state index in [1.54, 1.807) is 20.0 Å². The molecule has 2 aromatic carbocycles. The molecule has 0 aliphatic rings. The molecule has 0 saturated heterocycles. The molecule has 0 fully saturated rings. The number of carbonyl (C=O) groups excluding carboxylic acids is 2. The SMILES string of the molecule is CC=NN(C)C(CC(=O)OC)C(=O)Oc1cccc2ccccc12. The molecule has 0 saturated carbocycles. The summed E-state index contributed by atoms with van der Waals surface area (Å²) in [6, 6.07) is 12.2. The third-order valence-electron chi connectivity index (χ3n) is 3.57. The quantitative estimate of drug-likeness (QED) is 0.353. The summed E-state index contributed by atoms with van der Waals surface area (Å²) in [5.74, 6) is -0.625. The monoisotopic (exact) mass is 328 g/mol. The van der Waals surface area contributed by atoms with E-state index in [0.717, 1.165) is 10.8 Å². The molecule has 0 bridgehead atoms. The number of rotatable bonds is 6. The van der Waals surface area contributed by atoms with Crippen LogP contribution in [-0.4, -0.2) is 43.4 Å². The van der Waals surface area contributed by atoms with Crippen molar-refractivity contribution < 1.29 is 19.1 Å². The first-order chi connectivity index (χ1) is 11.6. The number of fused-ring (bicyclic) bond motifs is 1. The van der Waals surface area contributed by atoms with Gasteiger partial charge in [0.1, 0.15) is 5.75 Å². The summed E-state index contributed by atoms with van der Waals surface area (Å²) < 4.78 is 10.2. The van der Waals surface area contributed by atoms with Crippen molar-refractivity contribution in [1.29, 1.82) is 0 Å². The molecule has 6 nitrogen and oxygen atoms in total. The van der Waals surface area contributed by atoms with Gasteiger partial charge >= 0.3 is 11.9 Å². The Hall–Kier alpha value is -2.89. The van der Waals surface area contributed by atoms with Gasteiger partial charge in [0.05, 0.1) is 13.5 Å². The van der Waals surface area contributed by atoms with E-state index in [9.17, 15) is 9.59 Å². The minimum atomic E-state index is -0.868. The van der Waals surface area contributed by atoms with Crippen molar-refractivity contribution in [3.63, 3.8) is 0 Å². The Labute approximate surface area is 140 Å². The van der Waals surface area contributed by atoms with Gasteiger partial charge in [0.15, 0.2) is 6.04 Å². The van der Waals surface area contributed by atoms with Crippen LogP contribution in [0.2, 0.25) is 0 Å². The van der Waals surface area contributed by atoms with Gasteiger partial charge in [0, 0.05) is 18.6 Å². The molecule has 2 rings (SSSR count). The predicted molar refractivity (Wildman–Crippen MR) is 91.9 cm³/mol. The fourth-order valence-corrected chi connectivity index (χ4v) is 2.33. The zero-order valence-electron chi connectivity index (χ0n) is 13.9. The minimum Gasteiger partial charge on any atom is -0.469 e. The topological polar surface area (TPSA) is 68.2 Å². The number of methoxy groups -OCH3 is 1. The van der Waals surface area contributed by atoms with Crippen LogP contribution >= 0.6 is 0 Å². The number of nitrogens with zero attached hydrogens (tertiary/aromatic N) is 2. The van der Waals surface area contributed by atoms with E-state index in [0.29, 0.717) is 5.75 Å². The van der Waals surface area contributed by atoms with Crippen molar-refractivity contribution >= 4 is 28.9 Å². The second-order valence-electron chi connectivity index (χ2n) is 5.14. The number of ether oxygens (including phenoxy) is 2. The highest BCUT2D eigenvalue weighted by atomic mass is 16.5. The van der Waals surface area contributed by atoms with Crippen molar-refractivity contribution in [3.05, 3.63) is 42.5 Å². The minimum absolute atomic E-state index is 0.145. The molecular formula is C18H20N2O4. The molecule has 0 aliphatic heterocycles. The maximum atomic E-state index is 12.6. The highest BCUT2D eigenvalue weighted by Crippen LogP contribution is 2.26. The highest BCUT2D eigenvalue weighted by Gasteiger charge is 2.28. The first-order valence-corrected chi connectivity index (χ1v) is 7.54. The van der Waals surface area contributed by atoms with Gasteiger partial charge in [-0.1, -0.05) is 36.4 Å². The number of esters is 2. The Balaban J connectivity index is 2.27. The van der Waals surface area contributed by atoms with E-state index in [4.69, 9.17) is 4.74 Å². The molecule has 0 spiro atoms. The van der Waals surface area contributed by atoms with E-state index < -0.39 is 18.0 Å². The maximum absolute atomic E-state index is 12.6. The van der Waals surface area contributed by atoms with Crippen molar-refractivity contribution in [2.24, 2.45) is 5.10 Å². The zero-order chi connectivity index (χ0) is 17.5. The zero-order valence-corrected chi connectivity index (χ0v) is 13.9. The van der Waals surface area contributed by atoms with Crippen molar-refractivity contribution in [3.8, 4) is 5.75 Å². The molecule has 0 aromatic heterocycles. The van der Waals surface area contributed by atoms with Gasteiger partial charge in [-0.25, -0.2) is 4.79 Å². The van der Waals surface area contributed by atoms with E-state index in [-0.39, 0.29) is 6.42 Å². The van der Waals surface area contributed by atoms with Crippen LogP contribution in [0, 0.1) is 0 Å². The Bertz CT molecular complexity index is 752. The smallest absolute Gasteiger partial charge is 0.336 e. The first-order valence-electron chi connectivity index (χ1n) is 7.54. The summed E-state index contributed by atoms with van der Waals surface area (Å²) in [7, 11) is 2.89. The lowest BCUT2D eigenvalue weighted by Gasteiger charge is -2.23. The van der Waals surface area contributed by atoms with Crippen LogP contribution in [0.1, 0.15) is 13.3 Å².